The second-order valence-corrected chi connectivity index (χ2v) is 16.5. The number of aliphatic hydroxyl groups is 2. The van der Waals surface area contributed by atoms with Gasteiger partial charge in [-0.15, -0.1) is 0 Å². The van der Waals surface area contributed by atoms with Crippen molar-refractivity contribution in [1.29, 1.82) is 0 Å². The number of carbonyl (C=O) groups excluding carboxylic acids is 2. The van der Waals surface area contributed by atoms with Gasteiger partial charge >= 0.3 is 19.8 Å². The van der Waals surface area contributed by atoms with Gasteiger partial charge < -0.3 is 24.6 Å². The fourth-order valence-electron chi connectivity index (χ4n) is 6.21. The Balaban J connectivity index is 4.16. The first-order valence-corrected chi connectivity index (χ1v) is 23.6. The van der Waals surface area contributed by atoms with Crippen LogP contribution in [0.4, 0.5) is 0 Å². The lowest BCUT2D eigenvalue weighted by molar-refractivity contribution is -0.161. The third-order valence-electron chi connectivity index (χ3n) is 9.67. The Bertz CT molecular complexity index is 915. The molecule has 0 saturated carbocycles. The van der Waals surface area contributed by atoms with Crippen LogP contribution >= 0.6 is 7.82 Å². The van der Waals surface area contributed by atoms with Crippen LogP contribution in [-0.4, -0.2) is 65.7 Å². The molecule has 0 aromatic heterocycles. The molecular formula is C43H83O10P. The third kappa shape index (κ3) is 39.0. The quantitative estimate of drug-likeness (QED) is 0.0236. The lowest BCUT2D eigenvalue weighted by Gasteiger charge is -2.20. The van der Waals surface area contributed by atoms with Gasteiger partial charge in [0.1, 0.15) is 12.7 Å². The summed E-state index contributed by atoms with van der Waals surface area (Å²) in [5, 5.41) is 18.3. The van der Waals surface area contributed by atoms with Crippen LogP contribution in [0.1, 0.15) is 213 Å². The summed E-state index contributed by atoms with van der Waals surface area (Å²) >= 11 is 0. The van der Waals surface area contributed by atoms with Crippen molar-refractivity contribution in [3.63, 3.8) is 0 Å². The van der Waals surface area contributed by atoms with E-state index in [1.54, 1.807) is 0 Å². The highest BCUT2D eigenvalue weighted by molar-refractivity contribution is 7.47. The van der Waals surface area contributed by atoms with E-state index in [-0.39, 0.29) is 19.4 Å². The van der Waals surface area contributed by atoms with Crippen LogP contribution < -0.4 is 0 Å². The summed E-state index contributed by atoms with van der Waals surface area (Å²) in [6, 6.07) is 0. The molecule has 11 heteroatoms. The van der Waals surface area contributed by atoms with E-state index in [0.717, 1.165) is 57.8 Å². The molecule has 0 aliphatic heterocycles. The molecule has 0 radical (unpaired) electrons. The van der Waals surface area contributed by atoms with Gasteiger partial charge in [-0.2, -0.15) is 0 Å². The molecule has 3 N–H and O–H groups in total. The van der Waals surface area contributed by atoms with Crippen molar-refractivity contribution in [1.82, 2.24) is 0 Å². The van der Waals surface area contributed by atoms with Crippen LogP contribution in [-0.2, 0) is 32.7 Å². The monoisotopic (exact) mass is 791 g/mol. The molecule has 0 fully saturated rings. The molecule has 0 spiro atoms. The lowest BCUT2D eigenvalue weighted by atomic mass is 10.0. The Hall–Kier alpha value is -1.29. The van der Waals surface area contributed by atoms with Gasteiger partial charge in [0.2, 0.25) is 0 Å². The zero-order chi connectivity index (χ0) is 39.8. The summed E-state index contributed by atoms with van der Waals surface area (Å²) in [5.74, 6) is -0.926. The van der Waals surface area contributed by atoms with Gasteiger partial charge in [-0.3, -0.25) is 18.6 Å². The average Bonchev–Trinajstić information content (AvgIpc) is 3.16. The topological polar surface area (TPSA) is 149 Å². The van der Waals surface area contributed by atoms with Gasteiger partial charge in [-0.1, -0.05) is 180 Å². The molecule has 0 aromatic rings. The molecule has 10 nitrogen and oxygen atoms in total. The summed E-state index contributed by atoms with van der Waals surface area (Å²) in [5.41, 5.74) is 0. The van der Waals surface area contributed by atoms with Crippen molar-refractivity contribution in [2.75, 3.05) is 26.4 Å². The molecular weight excluding hydrogens is 707 g/mol. The largest absolute Gasteiger partial charge is 0.472 e. The predicted molar refractivity (Wildman–Crippen MR) is 219 cm³/mol. The summed E-state index contributed by atoms with van der Waals surface area (Å²) in [4.78, 5) is 34.9. The average molecular weight is 791 g/mol. The Labute approximate surface area is 330 Å². The first-order chi connectivity index (χ1) is 26.2. The maximum atomic E-state index is 12.6. The predicted octanol–water partition coefficient (Wildman–Crippen LogP) is 11.6. The minimum absolute atomic E-state index is 0.177. The summed E-state index contributed by atoms with van der Waals surface area (Å²) < 4.78 is 32.7. The Morgan fingerprint density at radius 3 is 1.39 bits per heavy atom. The highest BCUT2D eigenvalue weighted by Crippen LogP contribution is 2.43. The molecule has 0 saturated heterocycles. The number of rotatable bonds is 42. The maximum Gasteiger partial charge on any atom is 0.472 e. The van der Waals surface area contributed by atoms with Crippen LogP contribution in [0.25, 0.3) is 0 Å². The van der Waals surface area contributed by atoms with E-state index in [4.69, 9.17) is 19.1 Å². The number of carbonyl (C=O) groups is 2. The molecule has 3 atom stereocenters. The molecule has 1 unspecified atom stereocenters. The lowest BCUT2D eigenvalue weighted by Crippen LogP contribution is -2.29. The number of hydrogen-bond donors (Lipinski definition) is 3. The van der Waals surface area contributed by atoms with Gasteiger partial charge in [0, 0.05) is 12.8 Å². The van der Waals surface area contributed by atoms with E-state index in [1.165, 1.54) is 116 Å². The summed E-state index contributed by atoms with van der Waals surface area (Å²) in [6.07, 6.45) is 37.6. The van der Waals surface area contributed by atoms with Crippen molar-refractivity contribution in [2.24, 2.45) is 0 Å². The van der Waals surface area contributed by atoms with Crippen LogP contribution in [0.5, 0.6) is 0 Å². The zero-order valence-corrected chi connectivity index (χ0v) is 35.6. The zero-order valence-electron chi connectivity index (χ0n) is 34.7. The molecule has 0 aliphatic carbocycles. The fraction of sp³-hybridized carbons (Fsp3) is 0.907. The van der Waals surface area contributed by atoms with E-state index >= 15 is 0 Å². The molecule has 0 aromatic carbocycles. The summed E-state index contributed by atoms with van der Waals surface area (Å²) in [6.45, 7) is 2.36. The van der Waals surface area contributed by atoms with E-state index < -0.39 is 51.8 Å². The molecule has 0 bridgehead atoms. The molecule has 320 valence electrons. The van der Waals surface area contributed by atoms with Crippen LogP contribution in [0, 0.1) is 0 Å². The first-order valence-electron chi connectivity index (χ1n) is 22.1. The highest BCUT2D eigenvalue weighted by atomic mass is 31.2. The number of allylic oxidation sites excluding steroid dienone is 2. The number of phosphoric acid groups is 1. The summed E-state index contributed by atoms with van der Waals surface area (Å²) in [7, 11) is -4.61. The third-order valence-corrected chi connectivity index (χ3v) is 10.6. The molecule has 0 heterocycles. The Kier molecular flexibility index (Phi) is 39.0. The Morgan fingerprint density at radius 1 is 0.537 bits per heavy atom. The van der Waals surface area contributed by atoms with E-state index in [9.17, 15) is 24.2 Å². The number of unbranched alkanes of at least 4 members (excludes halogenated alkanes) is 26. The van der Waals surface area contributed by atoms with Gasteiger partial charge in [-0.05, 0) is 32.1 Å². The minimum Gasteiger partial charge on any atom is -0.462 e. The van der Waals surface area contributed by atoms with Gasteiger partial charge in [0.15, 0.2) is 6.10 Å². The van der Waals surface area contributed by atoms with E-state index in [1.807, 2.05) is 0 Å². The van der Waals surface area contributed by atoms with Crippen LogP contribution in [0.15, 0.2) is 12.2 Å². The van der Waals surface area contributed by atoms with Crippen molar-refractivity contribution in [2.45, 2.75) is 225 Å². The van der Waals surface area contributed by atoms with E-state index in [2.05, 4.69) is 30.5 Å². The number of phosphoric ester groups is 1. The number of aliphatic hydroxyl groups excluding tert-OH is 2. The number of ether oxygens (including phenoxy) is 2. The fourth-order valence-corrected chi connectivity index (χ4v) is 7.00. The van der Waals surface area contributed by atoms with Crippen molar-refractivity contribution in [3.05, 3.63) is 12.2 Å². The molecule has 0 rings (SSSR count). The SMILES string of the molecule is CCCC/C=C/CCCCCCCC(=O)O[C@H](COC(=O)CCCCCCCCCCCCCCCCCCCCCC)COP(=O)(O)OC[C@H](O)CO. The minimum atomic E-state index is -4.61. The normalized spacial score (nSPS) is 13.9. The second kappa shape index (κ2) is 39.9. The van der Waals surface area contributed by atoms with Crippen molar-refractivity contribution in [3.8, 4) is 0 Å². The maximum absolute atomic E-state index is 12.6. The van der Waals surface area contributed by atoms with Crippen LogP contribution in [0.3, 0.4) is 0 Å². The van der Waals surface area contributed by atoms with Crippen LogP contribution in [0.2, 0.25) is 0 Å². The van der Waals surface area contributed by atoms with Gasteiger partial charge in [0.05, 0.1) is 19.8 Å². The second-order valence-electron chi connectivity index (χ2n) is 15.1. The van der Waals surface area contributed by atoms with Crippen molar-refractivity contribution >= 4 is 19.8 Å². The van der Waals surface area contributed by atoms with Crippen molar-refractivity contribution < 1.29 is 47.8 Å². The smallest absolute Gasteiger partial charge is 0.462 e. The molecule has 0 aliphatic rings. The standard InChI is InChI=1S/C43H83O10P/c1-3-5-7-9-11-13-15-16-17-18-19-20-21-22-23-25-26-28-30-32-34-42(46)50-38-41(39-52-54(48,49)51-37-40(45)36-44)53-43(47)35-33-31-29-27-24-14-12-10-8-6-4-2/h10,12,40-41,44-45H,3-9,11,13-39H2,1-2H3,(H,48,49)/b12-10+/t40-,41-/m1/s1. The van der Waals surface area contributed by atoms with Gasteiger partial charge in [0.25, 0.3) is 0 Å². The van der Waals surface area contributed by atoms with E-state index in [0.29, 0.717) is 12.8 Å². The Morgan fingerprint density at radius 2 is 0.926 bits per heavy atom. The molecule has 54 heavy (non-hydrogen) atoms. The molecule has 0 amide bonds. The van der Waals surface area contributed by atoms with Gasteiger partial charge in [-0.25, -0.2) is 4.57 Å². The number of hydrogen-bond acceptors (Lipinski definition) is 9. The number of esters is 2. The first kappa shape index (κ1) is 52.7. The highest BCUT2D eigenvalue weighted by Gasteiger charge is 2.27.